The number of anilines is 1. The smallest absolute Gasteiger partial charge is 0.223 e. The first-order valence-electron chi connectivity index (χ1n) is 8.13. The Labute approximate surface area is 140 Å². The van der Waals surface area contributed by atoms with Crippen molar-refractivity contribution in [3.63, 3.8) is 0 Å². The Kier molecular flexibility index (Phi) is 7.72. The monoisotopic (exact) mass is 340 g/mol. The fraction of sp³-hybridized carbons (Fsp3) is 0.588. The van der Waals surface area contributed by atoms with E-state index in [9.17, 15) is 13.2 Å². The SMILES string of the molecule is CCCCS(=O)(=O)NCCN(C(C)=O)c1ccccc1C(C)C. The lowest BCUT2D eigenvalue weighted by atomic mass is 10.0. The van der Waals surface area contributed by atoms with Gasteiger partial charge in [-0.3, -0.25) is 4.79 Å². The third kappa shape index (κ3) is 6.31. The summed E-state index contributed by atoms with van der Waals surface area (Å²) in [6, 6.07) is 7.75. The maximum absolute atomic E-state index is 12.0. The van der Waals surface area contributed by atoms with Crippen molar-refractivity contribution in [2.24, 2.45) is 0 Å². The lowest BCUT2D eigenvalue weighted by Gasteiger charge is -2.25. The van der Waals surface area contributed by atoms with Crippen molar-refractivity contribution >= 4 is 21.6 Å². The lowest BCUT2D eigenvalue weighted by molar-refractivity contribution is -0.116. The molecule has 23 heavy (non-hydrogen) atoms. The van der Waals surface area contributed by atoms with Crippen LogP contribution in [0.2, 0.25) is 0 Å². The Bertz CT molecular complexity index is 612. The standard InChI is InChI=1S/C17H28N2O3S/c1-5-6-13-23(21,22)18-11-12-19(15(4)20)17-10-8-7-9-16(17)14(2)3/h7-10,14,18H,5-6,11-13H2,1-4H3. The first-order chi connectivity index (χ1) is 10.8. The van der Waals surface area contributed by atoms with Crippen molar-refractivity contribution in [3.8, 4) is 0 Å². The van der Waals surface area contributed by atoms with E-state index >= 15 is 0 Å². The Hall–Kier alpha value is -1.40. The van der Waals surface area contributed by atoms with Gasteiger partial charge in [0.2, 0.25) is 15.9 Å². The van der Waals surface area contributed by atoms with Gasteiger partial charge in [0.25, 0.3) is 0 Å². The zero-order chi connectivity index (χ0) is 17.5. The predicted octanol–water partition coefficient (Wildman–Crippen LogP) is 2.88. The summed E-state index contributed by atoms with van der Waals surface area (Å²) in [6.45, 7) is 8.15. The molecule has 0 unspecified atom stereocenters. The predicted molar refractivity (Wildman–Crippen MR) is 95.3 cm³/mol. The van der Waals surface area contributed by atoms with Gasteiger partial charge in [-0.15, -0.1) is 0 Å². The van der Waals surface area contributed by atoms with Crippen LogP contribution in [0.1, 0.15) is 52.0 Å². The van der Waals surface area contributed by atoms with E-state index in [1.54, 1.807) is 4.90 Å². The highest BCUT2D eigenvalue weighted by atomic mass is 32.2. The van der Waals surface area contributed by atoms with Gasteiger partial charge in [-0.25, -0.2) is 13.1 Å². The highest BCUT2D eigenvalue weighted by molar-refractivity contribution is 7.89. The highest BCUT2D eigenvalue weighted by Crippen LogP contribution is 2.27. The second kappa shape index (κ2) is 9.03. The number of unbranched alkanes of at least 4 members (excludes halogenated alkanes) is 1. The summed E-state index contributed by atoms with van der Waals surface area (Å²) >= 11 is 0. The average molecular weight is 340 g/mol. The summed E-state index contributed by atoms with van der Waals surface area (Å²) in [5.41, 5.74) is 1.93. The molecule has 0 radical (unpaired) electrons. The van der Waals surface area contributed by atoms with E-state index in [1.165, 1.54) is 6.92 Å². The molecule has 0 aliphatic carbocycles. The largest absolute Gasteiger partial charge is 0.311 e. The molecule has 0 aromatic heterocycles. The molecule has 0 heterocycles. The summed E-state index contributed by atoms with van der Waals surface area (Å²) in [5.74, 6) is 0.326. The molecule has 0 fully saturated rings. The topological polar surface area (TPSA) is 66.5 Å². The molecule has 0 spiro atoms. The van der Waals surface area contributed by atoms with Gasteiger partial charge in [-0.1, -0.05) is 45.4 Å². The van der Waals surface area contributed by atoms with E-state index in [0.717, 1.165) is 17.7 Å². The Morgan fingerprint density at radius 1 is 1.26 bits per heavy atom. The third-order valence-electron chi connectivity index (χ3n) is 3.65. The number of amides is 1. The summed E-state index contributed by atoms with van der Waals surface area (Å²) in [4.78, 5) is 13.6. The number of nitrogens with zero attached hydrogens (tertiary/aromatic N) is 1. The Morgan fingerprint density at radius 3 is 2.48 bits per heavy atom. The number of nitrogens with one attached hydrogen (secondary N) is 1. The lowest BCUT2D eigenvalue weighted by Crippen LogP contribution is -2.38. The molecule has 130 valence electrons. The van der Waals surface area contributed by atoms with Crippen LogP contribution in [0.4, 0.5) is 5.69 Å². The maximum Gasteiger partial charge on any atom is 0.223 e. The van der Waals surface area contributed by atoms with Crippen molar-refractivity contribution in [2.45, 2.75) is 46.5 Å². The van der Waals surface area contributed by atoms with Crippen molar-refractivity contribution in [1.29, 1.82) is 0 Å². The second-order valence-corrected chi connectivity index (χ2v) is 7.88. The normalized spacial score (nSPS) is 11.7. The van der Waals surface area contributed by atoms with Crippen LogP contribution >= 0.6 is 0 Å². The van der Waals surface area contributed by atoms with E-state index in [-0.39, 0.29) is 24.1 Å². The number of sulfonamides is 1. The average Bonchev–Trinajstić information content (AvgIpc) is 2.49. The molecule has 0 atom stereocenters. The number of carbonyl (C=O) groups is 1. The van der Waals surface area contributed by atoms with Crippen LogP contribution in [-0.4, -0.2) is 33.2 Å². The molecular weight excluding hydrogens is 312 g/mol. The number of hydrogen-bond acceptors (Lipinski definition) is 3. The molecule has 0 bridgehead atoms. The number of rotatable bonds is 9. The zero-order valence-electron chi connectivity index (χ0n) is 14.5. The molecule has 0 aliphatic rings. The molecule has 1 aromatic carbocycles. The fourth-order valence-electron chi connectivity index (χ4n) is 2.39. The van der Waals surface area contributed by atoms with Gasteiger partial charge in [-0.2, -0.15) is 0 Å². The van der Waals surface area contributed by atoms with Crippen LogP contribution in [0.15, 0.2) is 24.3 Å². The molecule has 1 aromatic rings. The van der Waals surface area contributed by atoms with Gasteiger partial charge in [0.05, 0.1) is 5.75 Å². The first kappa shape index (κ1) is 19.6. The summed E-state index contributed by atoms with van der Waals surface area (Å²) in [7, 11) is -3.26. The molecule has 1 N–H and O–H groups in total. The van der Waals surface area contributed by atoms with Gasteiger partial charge >= 0.3 is 0 Å². The van der Waals surface area contributed by atoms with Crippen molar-refractivity contribution in [1.82, 2.24) is 4.72 Å². The maximum atomic E-state index is 12.0. The number of hydrogen-bond donors (Lipinski definition) is 1. The van der Waals surface area contributed by atoms with Crippen LogP contribution in [0.25, 0.3) is 0 Å². The zero-order valence-corrected chi connectivity index (χ0v) is 15.3. The first-order valence-corrected chi connectivity index (χ1v) is 9.78. The van der Waals surface area contributed by atoms with Gasteiger partial charge in [0.1, 0.15) is 0 Å². The van der Waals surface area contributed by atoms with Crippen molar-refractivity contribution < 1.29 is 13.2 Å². The van der Waals surface area contributed by atoms with Gasteiger partial charge < -0.3 is 4.90 Å². The molecule has 0 saturated heterocycles. The molecular formula is C17H28N2O3S. The van der Waals surface area contributed by atoms with Gasteiger partial charge in [-0.05, 0) is 24.0 Å². The van der Waals surface area contributed by atoms with E-state index in [1.807, 2.05) is 31.2 Å². The molecule has 0 saturated carbocycles. The number of para-hydroxylation sites is 1. The molecule has 6 heteroatoms. The minimum Gasteiger partial charge on any atom is -0.311 e. The summed E-state index contributed by atoms with van der Waals surface area (Å²) in [6.07, 6.45) is 1.48. The van der Waals surface area contributed by atoms with E-state index in [2.05, 4.69) is 18.6 Å². The van der Waals surface area contributed by atoms with Crippen LogP contribution in [-0.2, 0) is 14.8 Å². The minimum atomic E-state index is -3.26. The molecule has 1 rings (SSSR count). The highest BCUT2D eigenvalue weighted by Gasteiger charge is 2.17. The van der Waals surface area contributed by atoms with Crippen LogP contribution in [0.5, 0.6) is 0 Å². The van der Waals surface area contributed by atoms with Crippen LogP contribution in [0.3, 0.4) is 0 Å². The number of carbonyl (C=O) groups excluding carboxylic acids is 1. The van der Waals surface area contributed by atoms with E-state index < -0.39 is 10.0 Å². The van der Waals surface area contributed by atoms with E-state index in [0.29, 0.717) is 13.0 Å². The van der Waals surface area contributed by atoms with Crippen molar-refractivity contribution in [3.05, 3.63) is 29.8 Å². The third-order valence-corrected chi connectivity index (χ3v) is 5.12. The number of benzene rings is 1. The second-order valence-electron chi connectivity index (χ2n) is 5.95. The fourth-order valence-corrected chi connectivity index (χ4v) is 3.60. The van der Waals surface area contributed by atoms with Crippen LogP contribution < -0.4 is 9.62 Å². The summed E-state index contributed by atoms with van der Waals surface area (Å²) in [5, 5.41) is 0. The molecule has 0 aliphatic heterocycles. The quantitative estimate of drug-likeness (QED) is 0.751. The van der Waals surface area contributed by atoms with E-state index in [4.69, 9.17) is 0 Å². The Balaban J connectivity index is 2.80. The van der Waals surface area contributed by atoms with Gasteiger partial charge in [0.15, 0.2) is 0 Å². The molecule has 5 nitrogen and oxygen atoms in total. The van der Waals surface area contributed by atoms with Gasteiger partial charge in [0, 0.05) is 25.7 Å². The Morgan fingerprint density at radius 2 is 1.91 bits per heavy atom. The summed E-state index contributed by atoms with van der Waals surface area (Å²) < 4.78 is 26.3. The minimum absolute atomic E-state index is 0.0918. The van der Waals surface area contributed by atoms with Crippen LogP contribution in [0, 0.1) is 0 Å². The molecule has 1 amide bonds. The van der Waals surface area contributed by atoms with Crippen molar-refractivity contribution in [2.75, 3.05) is 23.7 Å².